The molecule has 6 unspecified atom stereocenters. The number of hydrogen-bond donors (Lipinski definition) is 10. The SMILES string of the molecule is CCCCCCCCC(N)C(=O)NC(CC(=O)N[C@@H]1OC(CO)[C@H](O[C@@H]2OC(CO)[C@H](O)[C@H](O)C2O)[C@H](O)C1O)C(=O)C(C)C. The molecule has 2 heterocycles. The van der Waals surface area contributed by atoms with Gasteiger partial charge in [0.05, 0.1) is 31.7 Å². The number of carbonyl (C=O) groups excluding carboxylic acids is 3. The van der Waals surface area contributed by atoms with Crippen LogP contribution in [0.15, 0.2) is 0 Å². The Bertz CT molecular complexity index is 924. The average molecular weight is 652 g/mol. The predicted octanol–water partition coefficient (Wildman–Crippen LogP) is -3.10. The van der Waals surface area contributed by atoms with E-state index in [0.29, 0.717) is 6.42 Å². The van der Waals surface area contributed by atoms with E-state index in [1.165, 1.54) is 0 Å². The monoisotopic (exact) mass is 651 g/mol. The van der Waals surface area contributed by atoms with Crippen molar-refractivity contribution >= 4 is 17.6 Å². The van der Waals surface area contributed by atoms with Crippen LogP contribution < -0.4 is 16.4 Å². The van der Waals surface area contributed by atoms with E-state index in [9.17, 15) is 50.1 Å². The molecular formula is C29H53N3O13. The fourth-order valence-corrected chi connectivity index (χ4v) is 5.29. The molecule has 12 atom stereocenters. The van der Waals surface area contributed by atoms with Gasteiger partial charge in [-0.25, -0.2) is 0 Å². The maximum atomic E-state index is 13.0. The summed E-state index contributed by atoms with van der Waals surface area (Å²) >= 11 is 0. The average Bonchev–Trinajstić information content (AvgIpc) is 3.01. The number of nitrogens with one attached hydrogen (secondary N) is 2. The van der Waals surface area contributed by atoms with Crippen LogP contribution in [0.4, 0.5) is 0 Å². The summed E-state index contributed by atoms with van der Waals surface area (Å²) in [4.78, 5) is 38.6. The van der Waals surface area contributed by atoms with Gasteiger partial charge < -0.3 is 66.3 Å². The molecule has 16 heteroatoms. The molecule has 0 aromatic heterocycles. The van der Waals surface area contributed by atoms with Crippen molar-refractivity contribution in [3.63, 3.8) is 0 Å². The van der Waals surface area contributed by atoms with Crippen LogP contribution in [-0.2, 0) is 28.6 Å². The van der Waals surface area contributed by atoms with Crippen LogP contribution in [0.1, 0.15) is 72.1 Å². The number of aliphatic hydroxyl groups is 7. The zero-order chi connectivity index (χ0) is 33.8. The van der Waals surface area contributed by atoms with Crippen LogP contribution in [0.3, 0.4) is 0 Å². The van der Waals surface area contributed by atoms with Gasteiger partial charge in [0.1, 0.15) is 48.8 Å². The molecule has 0 saturated carbocycles. The van der Waals surface area contributed by atoms with Gasteiger partial charge in [0, 0.05) is 5.92 Å². The minimum Gasteiger partial charge on any atom is -0.394 e. The number of aliphatic hydroxyl groups excluding tert-OH is 7. The lowest BCUT2D eigenvalue weighted by molar-refractivity contribution is -0.343. The van der Waals surface area contributed by atoms with Crippen LogP contribution in [0, 0.1) is 5.92 Å². The second-order valence-electron chi connectivity index (χ2n) is 12.1. The largest absolute Gasteiger partial charge is 0.394 e. The number of ether oxygens (including phenoxy) is 3. The topological polar surface area (TPSA) is 271 Å². The van der Waals surface area contributed by atoms with Gasteiger partial charge in [-0.05, 0) is 6.42 Å². The van der Waals surface area contributed by atoms with Crippen LogP contribution in [0.2, 0.25) is 0 Å². The first-order valence-electron chi connectivity index (χ1n) is 15.7. The third kappa shape index (κ3) is 11.1. The molecule has 45 heavy (non-hydrogen) atoms. The lowest BCUT2D eigenvalue weighted by Crippen LogP contribution is -2.66. The van der Waals surface area contributed by atoms with Gasteiger partial charge in [-0.3, -0.25) is 14.4 Å². The number of ketones is 1. The van der Waals surface area contributed by atoms with Crippen molar-refractivity contribution in [2.45, 2.75) is 146 Å². The van der Waals surface area contributed by atoms with Gasteiger partial charge in [-0.1, -0.05) is 59.3 Å². The molecule has 0 radical (unpaired) electrons. The van der Waals surface area contributed by atoms with E-state index in [1.807, 2.05) is 0 Å². The number of Topliss-reactive ketones (excluding diaryl/α,β-unsaturated/α-hetero) is 1. The van der Waals surface area contributed by atoms with Gasteiger partial charge in [0.15, 0.2) is 18.3 Å². The number of nitrogens with two attached hydrogens (primary N) is 1. The Morgan fingerprint density at radius 3 is 2.04 bits per heavy atom. The molecular weight excluding hydrogens is 598 g/mol. The first-order chi connectivity index (χ1) is 21.3. The van der Waals surface area contributed by atoms with Gasteiger partial charge in [-0.15, -0.1) is 0 Å². The number of amides is 2. The number of hydrogen-bond acceptors (Lipinski definition) is 14. The maximum Gasteiger partial charge on any atom is 0.237 e. The molecule has 2 aliphatic heterocycles. The molecule has 0 aromatic carbocycles. The van der Waals surface area contributed by atoms with Crippen LogP contribution in [-0.4, -0.2) is 140 Å². The number of rotatable bonds is 18. The minimum atomic E-state index is -1.84. The molecule has 0 aromatic rings. The first kappa shape index (κ1) is 39.3. The highest BCUT2D eigenvalue weighted by Gasteiger charge is 2.50. The summed E-state index contributed by atoms with van der Waals surface area (Å²) in [5.74, 6) is -2.35. The van der Waals surface area contributed by atoms with Crippen molar-refractivity contribution in [1.82, 2.24) is 10.6 Å². The highest BCUT2D eigenvalue weighted by molar-refractivity contribution is 5.95. The standard InChI is InChI=1S/C29H53N3O13/c1-4-5-6-7-8-9-10-15(30)27(42)31-16(20(36)14(2)3)11-19(35)32-28-24(40)23(39)26(18(13-34)43-28)45-29-25(41)22(38)21(37)17(12-33)44-29/h14-18,21-26,28-29,33-34,37-41H,4-13,30H2,1-3H3,(H,31,42)(H,32,35)/t15?,16?,17?,18?,21-,22-,23+,24?,25?,26-,28+,29-/m0/s1. The Labute approximate surface area is 263 Å². The van der Waals surface area contributed by atoms with E-state index in [4.69, 9.17) is 19.9 Å². The molecule has 0 bridgehead atoms. The van der Waals surface area contributed by atoms with E-state index in [1.54, 1.807) is 13.8 Å². The summed E-state index contributed by atoms with van der Waals surface area (Å²) < 4.78 is 16.3. The van der Waals surface area contributed by atoms with Crippen molar-refractivity contribution in [2.24, 2.45) is 11.7 Å². The normalized spacial score (nSPS) is 33.4. The van der Waals surface area contributed by atoms with E-state index < -0.39 is 117 Å². The third-order valence-electron chi connectivity index (χ3n) is 8.13. The molecule has 0 aliphatic carbocycles. The van der Waals surface area contributed by atoms with Crippen LogP contribution in [0.25, 0.3) is 0 Å². The Balaban J connectivity index is 2.01. The van der Waals surface area contributed by atoms with Crippen LogP contribution >= 0.6 is 0 Å². The van der Waals surface area contributed by atoms with Crippen molar-refractivity contribution in [2.75, 3.05) is 13.2 Å². The van der Waals surface area contributed by atoms with Crippen LogP contribution in [0.5, 0.6) is 0 Å². The molecule has 262 valence electrons. The Hall–Kier alpha value is -1.83. The van der Waals surface area contributed by atoms with Crippen molar-refractivity contribution in [1.29, 1.82) is 0 Å². The third-order valence-corrected chi connectivity index (χ3v) is 8.13. The summed E-state index contributed by atoms with van der Waals surface area (Å²) in [6.07, 6.45) is -10.5. The zero-order valence-corrected chi connectivity index (χ0v) is 26.2. The second kappa shape index (κ2) is 19.1. The summed E-state index contributed by atoms with van der Waals surface area (Å²) in [7, 11) is 0. The van der Waals surface area contributed by atoms with Gasteiger partial charge in [-0.2, -0.15) is 0 Å². The molecule has 2 aliphatic rings. The molecule has 2 rings (SSSR count). The molecule has 2 amide bonds. The zero-order valence-electron chi connectivity index (χ0n) is 26.2. The summed E-state index contributed by atoms with van der Waals surface area (Å²) in [6.45, 7) is 3.82. The molecule has 11 N–H and O–H groups in total. The fraction of sp³-hybridized carbons (Fsp3) is 0.897. The Morgan fingerprint density at radius 2 is 1.44 bits per heavy atom. The van der Waals surface area contributed by atoms with Gasteiger partial charge >= 0.3 is 0 Å². The van der Waals surface area contributed by atoms with Crippen molar-refractivity contribution < 1.29 is 64.3 Å². The van der Waals surface area contributed by atoms with Crippen molar-refractivity contribution in [3.8, 4) is 0 Å². The first-order valence-corrected chi connectivity index (χ1v) is 15.7. The molecule has 2 fully saturated rings. The van der Waals surface area contributed by atoms with Crippen molar-refractivity contribution in [3.05, 3.63) is 0 Å². The summed E-state index contributed by atoms with van der Waals surface area (Å²) in [5, 5.41) is 76.0. The molecule has 0 spiro atoms. The minimum absolute atomic E-state index is 0.418. The van der Waals surface area contributed by atoms with Gasteiger partial charge in [0.25, 0.3) is 0 Å². The summed E-state index contributed by atoms with van der Waals surface area (Å²) in [5.41, 5.74) is 6.04. The predicted molar refractivity (Wildman–Crippen MR) is 157 cm³/mol. The van der Waals surface area contributed by atoms with Gasteiger partial charge in [0.2, 0.25) is 11.8 Å². The Morgan fingerprint density at radius 1 is 0.822 bits per heavy atom. The van der Waals surface area contributed by atoms with E-state index >= 15 is 0 Å². The lowest BCUT2D eigenvalue weighted by atomic mass is 9.96. The smallest absolute Gasteiger partial charge is 0.237 e. The molecule has 16 nitrogen and oxygen atoms in total. The summed E-state index contributed by atoms with van der Waals surface area (Å²) in [6, 6.07) is -2.10. The van der Waals surface area contributed by atoms with E-state index in [0.717, 1.165) is 38.5 Å². The number of carbonyl (C=O) groups is 3. The fourth-order valence-electron chi connectivity index (χ4n) is 5.29. The highest BCUT2D eigenvalue weighted by atomic mass is 16.7. The van der Waals surface area contributed by atoms with E-state index in [-0.39, 0.29) is 0 Å². The van der Waals surface area contributed by atoms with E-state index in [2.05, 4.69) is 17.6 Å². The Kier molecular flexibility index (Phi) is 16.7. The molecule has 2 saturated heterocycles. The highest BCUT2D eigenvalue weighted by Crippen LogP contribution is 2.28. The quantitative estimate of drug-likeness (QED) is 0.0658. The second-order valence-corrected chi connectivity index (χ2v) is 12.1. The lowest BCUT2D eigenvalue weighted by Gasteiger charge is -2.46. The maximum absolute atomic E-state index is 13.0. The number of unbranched alkanes of at least 4 members (excludes halogenated alkanes) is 5.